The van der Waals surface area contributed by atoms with Gasteiger partial charge < -0.3 is 15.0 Å². The van der Waals surface area contributed by atoms with E-state index in [9.17, 15) is 4.39 Å². The average Bonchev–Trinajstić information content (AvgIpc) is 2.88. The third-order valence-corrected chi connectivity index (χ3v) is 3.70. The lowest BCUT2D eigenvalue weighted by Gasteiger charge is -2.29. The summed E-state index contributed by atoms with van der Waals surface area (Å²) in [5, 5.41) is 3.92. The van der Waals surface area contributed by atoms with E-state index in [-0.39, 0.29) is 5.82 Å². The quantitative estimate of drug-likeness (QED) is 0.916. The van der Waals surface area contributed by atoms with Crippen LogP contribution in [0.15, 0.2) is 28.8 Å². The van der Waals surface area contributed by atoms with Crippen molar-refractivity contribution < 1.29 is 13.7 Å². The van der Waals surface area contributed by atoms with Gasteiger partial charge in [-0.15, -0.1) is 0 Å². The van der Waals surface area contributed by atoms with Crippen LogP contribution in [0.5, 0.6) is 0 Å². The second-order valence-corrected chi connectivity index (χ2v) is 5.71. The van der Waals surface area contributed by atoms with Gasteiger partial charge in [0.2, 0.25) is 0 Å². The number of ether oxygens (including phenoxy) is 1. The first kappa shape index (κ1) is 14.2. The highest BCUT2D eigenvalue weighted by molar-refractivity contribution is 5.52. The number of hydrogen-bond acceptors (Lipinski definition) is 5. The van der Waals surface area contributed by atoms with Gasteiger partial charge in [0.25, 0.3) is 5.89 Å². The highest BCUT2D eigenvalue weighted by Crippen LogP contribution is 2.26. The van der Waals surface area contributed by atoms with Crippen LogP contribution in [-0.4, -0.2) is 22.9 Å². The van der Waals surface area contributed by atoms with Gasteiger partial charge in [-0.2, -0.15) is 4.98 Å². The molecule has 1 aliphatic rings. The maximum atomic E-state index is 12.9. The molecule has 1 fully saturated rings. The Hall–Kier alpha value is -1.79. The zero-order chi connectivity index (χ0) is 14.9. The lowest BCUT2D eigenvalue weighted by atomic mass is 9.95. The molecule has 21 heavy (non-hydrogen) atoms. The molecule has 2 aromatic rings. The number of aromatic nitrogens is 2. The minimum atomic E-state index is -0.808. The number of nitrogens with two attached hydrogens (primary N) is 1. The molecular formula is C15H18FN3O2. The highest BCUT2D eigenvalue weighted by Gasteiger charge is 2.30. The van der Waals surface area contributed by atoms with Crippen molar-refractivity contribution in [2.75, 3.05) is 6.61 Å². The third kappa shape index (κ3) is 3.11. The van der Waals surface area contributed by atoms with Gasteiger partial charge in [0.15, 0.2) is 5.82 Å². The molecule has 1 aromatic carbocycles. The number of benzene rings is 1. The molecule has 1 atom stereocenters. The summed E-state index contributed by atoms with van der Waals surface area (Å²) in [5.41, 5.74) is 6.06. The minimum Gasteiger partial charge on any atom is -0.376 e. The summed E-state index contributed by atoms with van der Waals surface area (Å²) >= 11 is 0. The van der Waals surface area contributed by atoms with E-state index in [0.717, 1.165) is 12.8 Å². The largest absolute Gasteiger partial charge is 0.376 e. The molecule has 112 valence electrons. The Labute approximate surface area is 122 Å². The standard InChI is InChI=1S/C15H18FN3O2/c1-15(17,9-20-12-3-2-4-12)14-18-13(21-19-14)10-5-7-11(16)8-6-10/h5-8,12H,2-4,9,17H2,1H3. The van der Waals surface area contributed by atoms with E-state index in [1.807, 2.05) is 6.92 Å². The van der Waals surface area contributed by atoms with Gasteiger partial charge in [0, 0.05) is 5.56 Å². The second kappa shape index (κ2) is 5.54. The van der Waals surface area contributed by atoms with Crippen molar-refractivity contribution in [2.45, 2.75) is 37.8 Å². The van der Waals surface area contributed by atoms with E-state index in [1.54, 1.807) is 12.1 Å². The first-order valence-electron chi connectivity index (χ1n) is 7.05. The van der Waals surface area contributed by atoms with Gasteiger partial charge in [-0.1, -0.05) is 5.16 Å². The first-order valence-corrected chi connectivity index (χ1v) is 7.05. The fraction of sp³-hybridized carbons (Fsp3) is 0.467. The average molecular weight is 291 g/mol. The summed E-state index contributed by atoms with van der Waals surface area (Å²) in [7, 11) is 0. The van der Waals surface area contributed by atoms with Crippen LogP contribution < -0.4 is 5.73 Å². The van der Waals surface area contributed by atoms with Crippen molar-refractivity contribution in [2.24, 2.45) is 5.73 Å². The lowest BCUT2D eigenvalue weighted by Crippen LogP contribution is -2.41. The molecule has 3 rings (SSSR count). The van der Waals surface area contributed by atoms with Crippen LogP contribution in [0.4, 0.5) is 4.39 Å². The Morgan fingerprint density at radius 1 is 1.38 bits per heavy atom. The predicted molar refractivity (Wildman–Crippen MR) is 74.8 cm³/mol. The molecule has 5 nitrogen and oxygen atoms in total. The molecule has 0 bridgehead atoms. The van der Waals surface area contributed by atoms with Crippen molar-refractivity contribution in [1.29, 1.82) is 0 Å². The Morgan fingerprint density at radius 2 is 2.10 bits per heavy atom. The summed E-state index contributed by atoms with van der Waals surface area (Å²) in [6.07, 6.45) is 3.69. The minimum absolute atomic E-state index is 0.302. The second-order valence-electron chi connectivity index (χ2n) is 5.71. The van der Waals surface area contributed by atoms with Crippen molar-refractivity contribution in [3.8, 4) is 11.5 Å². The molecule has 1 unspecified atom stereocenters. The molecule has 1 saturated carbocycles. The van der Waals surface area contributed by atoms with E-state index < -0.39 is 5.54 Å². The number of halogens is 1. The van der Waals surface area contributed by atoms with E-state index in [2.05, 4.69) is 10.1 Å². The molecule has 0 amide bonds. The van der Waals surface area contributed by atoms with Crippen LogP contribution in [-0.2, 0) is 10.3 Å². The van der Waals surface area contributed by atoms with Crippen LogP contribution in [0.3, 0.4) is 0 Å². The SMILES string of the molecule is CC(N)(COC1CCC1)c1noc(-c2ccc(F)cc2)n1. The maximum absolute atomic E-state index is 12.9. The van der Waals surface area contributed by atoms with Crippen molar-refractivity contribution in [1.82, 2.24) is 10.1 Å². The van der Waals surface area contributed by atoms with Crippen LogP contribution in [0, 0.1) is 5.82 Å². The summed E-state index contributed by atoms with van der Waals surface area (Å²) in [4.78, 5) is 4.30. The van der Waals surface area contributed by atoms with E-state index in [0.29, 0.717) is 30.0 Å². The number of nitrogens with zero attached hydrogens (tertiary/aromatic N) is 2. The lowest BCUT2D eigenvalue weighted by molar-refractivity contribution is -0.0222. The molecule has 1 aliphatic carbocycles. The molecule has 0 aliphatic heterocycles. The number of rotatable bonds is 5. The third-order valence-electron chi connectivity index (χ3n) is 3.70. The fourth-order valence-corrected chi connectivity index (χ4v) is 2.06. The van der Waals surface area contributed by atoms with Crippen molar-refractivity contribution in [3.05, 3.63) is 35.9 Å². The van der Waals surface area contributed by atoms with Crippen molar-refractivity contribution >= 4 is 0 Å². The molecule has 0 saturated heterocycles. The van der Waals surface area contributed by atoms with Crippen LogP contribution >= 0.6 is 0 Å². The highest BCUT2D eigenvalue weighted by atomic mass is 19.1. The Kier molecular flexibility index (Phi) is 3.73. The van der Waals surface area contributed by atoms with E-state index >= 15 is 0 Å². The summed E-state index contributed by atoms with van der Waals surface area (Å²) < 4.78 is 23.8. The predicted octanol–water partition coefficient (Wildman–Crippen LogP) is 2.62. The van der Waals surface area contributed by atoms with Gasteiger partial charge in [-0.3, -0.25) is 0 Å². The van der Waals surface area contributed by atoms with Crippen LogP contribution in [0.1, 0.15) is 32.0 Å². The van der Waals surface area contributed by atoms with Crippen LogP contribution in [0.2, 0.25) is 0 Å². The summed E-state index contributed by atoms with van der Waals surface area (Å²) in [5.74, 6) is 0.405. The van der Waals surface area contributed by atoms with Gasteiger partial charge in [-0.25, -0.2) is 4.39 Å². The zero-order valence-electron chi connectivity index (χ0n) is 11.9. The summed E-state index contributed by atoms with van der Waals surface area (Å²) in [6, 6.07) is 5.87. The fourth-order valence-electron chi connectivity index (χ4n) is 2.06. The Balaban J connectivity index is 1.71. The molecule has 0 spiro atoms. The molecule has 2 N–H and O–H groups in total. The Morgan fingerprint density at radius 3 is 2.71 bits per heavy atom. The summed E-state index contributed by atoms with van der Waals surface area (Å²) in [6.45, 7) is 2.16. The van der Waals surface area contributed by atoms with E-state index in [4.69, 9.17) is 15.0 Å². The van der Waals surface area contributed by atoms with E-state index in [1.165, 1.54) is 18.6 Å². The Bertz CT molecular complexity index is 606. The van der Waals surface area contributed by atoms with Crippen LogP contribution in [0.25, 0.3) is 11.5 Å². The monoisotopic (exact) mass is 291 g/mol. The maximum Gasteiger partial charge on any atom is 0.257 e. The molecule has 1 aromatic heterocycles. The molecule has 1 heterocycles. The normalized spacial score (nSPS) is 18.2. The molecule has 0 radical (unpaired) electrons. The smallest absolute Gasteiger partial charge is 0.257 e. The topological polar surface area (TPSA) is 74.2 Å². The van der Waals surface area contributed by atoms with Gasteiger partial charge in [0.05, 0.1) is 12.7 Å². The first-order chi connectivity index (χ1) is 10.0. The van der Waals surface area contributed by atoms with Gasteiger partial charge in [0.1, 0.15) is 11.4 Å². The van der Waals surface area contributed by atoms with Crippen molar-refractivity contribution in [3.63, 3.8) is 0 Å². The molecule has 6 heteroatoms. The number of hydrogen-bond donors (Lipinski definition) is 1. The zero-order valence-corrected chi connectivity index (χ0v) is 11.9. The molecular weight excluding hydrogens is 273 g/mol. The van der Waals surface area contributed by atoms with Gasteiger partial charge >= 0.3 is 0 Å². The van der Waals surface area contributed by atoms with Gasteiger partial charge in [-0.05, 0) is 50.5 Å².